The van der Waals surface area contributed by atoms with Crippen molar-refractivity contribution in [2.45, 2.75) is 12.3 Å². The molecule has 76 valence electrons. The normalized spacial score (nSPS) is 26.9. The van der Waals surface area contributed by atoms with Crippen LogP contribution in [0.4, 0.5) is 5.82 Å². The van der Waals surface area contributed by atoms with Crippen molar-refractivity contribution in [1.82, 2.24) is 4.98 Å². The van der Waals surface area contributed by atoms with Gasteiger partial charge >= 0.3 is 0 Å². The van der Waals surface area contributed by atoms with Crippen molar-refractivity contribution in [3.63, 3.8) is 0 Å². The number of hydrogen-bond acceptors (Lipinski definition) is 2. The van der Waals surface area contributed by atoms with Crippen LogP contribution in [0.15, 0.2) is 22.8 Å². The average molecular weight is 276 g/mol. The van der Waals surface area contributed by atoms with Crippen LogP contribution < -0.4 is 4.90 Å². The molecule has 1 aromatic heterocycles. The van der Waals surface area contributed by atoms with Gasteiger partial charge in [-0.2, -0.15) is 0 Å². The summed E-state index contributed by atoms with van der Waals surface area (Å²) in [5, 5.41) is 0.240. The molecule has 0 amide bonds. The van der Waals surface area contributed by atoms with Crippen molar-refractivity contribution >= 4 is 33.3 Å². The van der Waals surface area contributed by atoms with E-state index in [2.05, 4.69) is 32.7 Å². The number of anilines is 1. The van der Waals surface area contributed by atoms with Gasteiger partial charge in [-0.05, 0) is 34.0 Å². The van der Waals surface area contributed by atoms with Crippen molar-refractivity contribution in [3.8, 4) is 0 Å². The van der Waals surface area contributed by atoms with E-state index < -0.39 is 0 Å². The summed E-state index contributed by atoms with van der Waals surface area (Å²) in [6, 6.07) is 3.93. The van der Waals surface area contributed by atoms with Gasteiger partial charge in [0.2, 0.25) is 0 Å². The molecule has 1 aliphatic heterocycles. The maximum absolute atomic E-state index is 6.17. The fourth-order valence-electron chi connectivity index (χ4n) is 1.71. The molecule has 0 aliphatic carbocycles. The molecular weight excluding hydrogens is 263 g/mol. The SMILES string of the molecule is CC1CN(c2ncccc2Br)CC1Cl. The van der Waals surface area contributed by atoms with Crippen molar-refractivity contribution in [1.29, 1.82) is 0 Å². The second-order valence-corrected chi connectivity index (χ2v) is 5.12. The van der Waals surface area contributed by atoms with Crippen LogP contribution in [0, 0.1) is 5.92 Å². The zero-order valence-electron chi connectivity index (χ0n) is 7.95. The van der Waals surface area contributed by atoms with Crippen LogP contribution in [0.5, 0.6) is 0 Å². The molecule has 2 unspecified atom stereocenters. The standard InChI is InChI=1S/C10H12BrClN2/c1-7-5-14(6-9(7)12)10-8(11)3-2-4-13-10/h2-4,7,9H,5-6H2,1H3. The van der Waals surface area contributed by atoms with E-state index in [1.165, 1.54) is 0 Å². The Bertz CT molecular complexity index is 322. The lowest BCUT2D eigenvalue weighted by Crippen LogP contribution is -2.21. The molecule has 0 N–H and O–H groups in total. The smallest absolute Gasteiger partial charge is 0.142 e. The van der Waals surface area contributed by atoms with E-state index in [9.17, 15) is 0 Å². The van der Waals surface area contributed by atoms with Crippen molar-refractivity contribution in [2.24, 2.45) is 5.92 Å². The number of halogens is 2. The van der Waals surface area contributed by atoms with Crippen molar-refractivity contribution in [3.05, 3.63) is 22.8 Å². The Hall–Kier alpha value is -0.280. The molecule has 0 radical (unpaired) electrons. The molecule has 1 aromatic rings. The van der Waals surface area contributed by atoms with Gasteiger partial charge in [-0.15, -0.1) is 11.6 Å². The van der Waals surface area contributed by atoms with E-state index in [0.29, 0.717) is 5.92 Å². The molecule has 2 nitrogen and oxygen atoms in total. The summed E-state index contributed by atoms with van der Waals surface area (Å²) in [6.45, 7) is 4.05. The number of hydrogen-bond donors (Lipinski definition) is 0. The van der Waals surface area contributed by atoms with Crippen LogP contribution in [-0.4, -0.2) is 23.5 Å². The Kier molecular flexibility index (Phi) is 2.98. The Morgan fingerprint density at radius 3 is 2.93 bits per heavy atom. The van der Waals surface area contributed by atoms with Crippen LogP contribution in [0.1, 0.15) is 6.92 Å². The Morgan fingerprint density at radius 1 is 1.57 bits per heavy atom. The van der Waals surface area contributed by atoms with Crippen LogP contribution in [-0.2, 0) is 0 Å². The Balaban J connectivity index is 2.21. The number of aromatic nitrogens is 1. The summed E-state index contributed by atoms with van der Waals surface area (Å²) in [6.07, 6.45) is 1.81. The predicted octanol–water partition coefficient (Wildman–Crippen LogP) is 2.91. The van der Waals surface area contributed by atoms with Crippen LogP contribution in [0.2, 0.25) is 0 Å². The number of alkyl halides is 1. The van der Waals surface area contributed by atoms with Crippen LogP contribution >= 0.6 is 27.5 Å². The van der Waals surface area contributed by atoms with Crippen LogP contribution in [0.25, 0.3) is 0 Å². The molecule has 0 saturated carbocycles. The lowest BCUT2D eigenvalue weighted by molar-refractivity contribution is 0.666. The molecule has 0 spiro atoms. The molecule has 1 aliphatic rings. The maximum atomic E-state index is 6.17. The van der Waals surface area contributed by atoms with Gasteiger partial charge < -0.3 is 4.90 Å². The van der Waals surface area contributed by atoms with E-state index in [4.69, 9.17) is 11.6 Å². The molecule has 0 bridgehead atoms. The molecule has 4 heteroatoms. The second kappa shape index (κ2) is 4.07. The highest BCUT2D eigenvalue weighted by Gasteiger charge is 2.29. The minimum Gasteiger partial charge on any atom is -0.354 e. The highest BCUT2D eigenvalue weighted by Crippen LogP contribution is 2.30. The number of rotatable bonds is 1. The maximum Gasteiger partial charge on any atom is 0.142 e. The van der Waals surface area contributed by atoms with Gasteiger partial charge in [-0.3, -0.25) is 0 Å². The predicted molar refractivity (Wildman–Crippen MR) is 63.0 cm³/mol. The summed E-state index contributed by atoms with van der Waals surface area (Å²) in [5.41, 5.74) is 0. The molecule has 14 heavy (non-hydrogen) atoms. The second-order valence-electron chi connectivity index (χ2n) is 3.71. The molecule has 0 aromatic carbocycles. The molecule has 2 atom stereocenters. The highest BCUT2D eigenvalue weighted by molar-refractivity contribution is 9.10. The first kappa shape index (κ1) is 10.2. The summed E-state index contributed by atoms with van der Waals surface area (Å²) in [4.78, 5) is 6.58. The van der Waals surface area contributed by atoms with Crippen molar-refractivity contribution in [2.75, 3.05) is 18.0 Å². The molecular formula is C10H12BrClN2. The van der Waals surface area contributed by atoms with E-state index in [0.717, 1.165) is 23.4 Å². The highest BCUT2D eigenvalue weighted by atomic mass is 79.9. The van der Waals surface area contributed by atoms with Crippen molar-refractivity contribution < 1.29 is 0 Å². The Morgan fingerprint density at radius 2 is 2.36 bits per heavy atom. The minimum atomic E-state index is 0.240. The van der Waals surface area contributed by atoms with Gasteiger partial charge in [0.1, 0.15) is 5.82 Å². The van der Waals surface area contributed by atoms with Gasteiger partial charge in [0.15, 0.2) is 0 Å². The molecule has 2 heterocycles. The van der Waals surface area contributed by atoms with Crippen LogP contribution in [0.3, 0.4) is 0 Å². The first-order valence-electron chi connectivity index (χ1n) is 4.68. The van der Waals surface area contributed by atoms with Gasteiger partial charge in [-0.25, -0.2) is 4.98 Å². The minimum absolute atomic E-state index is 0.240. The van der Waals surface area contributed by atoms with E-state index in [1.807, 2.05) is 18.3 Å². The summed E-state index contributed by atoms with van der Waals surface area (Å²) in [5.74, 6) is 1.54. The monoisotopic (exact) mass is 274 g/mol. The van der Waals surface area contributed by atoms with Gasteiger partial charge in [0.05, 0.1) is 9.85 Å². The fraction of sp³-hybridized carbons (Fsp3) is 0.500. The summed E-state index contributed by atoms with van der Waals surface area (Å²) in [7, 11) is 0. The van der Waals surface area contributed by atoms with E-state index in [1.54, 1.807) is 0 Å². The Labute approximate surface area is 97.4 Å². The average Bonchev–Trinajstić information content (AvgIpc) is 2.48. The number of pyridine rings is 1. The van der Waals surface area contributed by atoms with E-state index in [-0.39, 0.29) is 5.38 Å². The molecule has 1 saturated heterocycles. The third-order valence-electron chi connectivity index (χ3n) is 2.56. The lowest BCUT2D eigenvalue weighted by atomic mass is 10.2. The summed E-state index contributed by atoms with van der Waals surface area (Å²) >= 11 is 9.67. The first-order chi connectivity index (χ1) is 6.68. The van der Waals surface area contributed by atoms with E-state index >= 15 is 0 Å². The number of nitrogens with zero attached hydrogens (tertiary/aromatic N) is 2. The topological polar surface area (TPSA) is 16.1 Å². The summed E-state index contributed by atoms with van der Waals surface area (Å²) < 4.78 is 1.04. The third kappa shape index (κ3) is 1.89. The fourth-order valence-corrected chi connectivity index (χ4v) is 2.46. The first-order valence-corrected chi connectivity index (χ1v) is 5.91. The largest absolute Gasteiger partial charge is 0.354 e. The van der Waals surface area contributed by atoms with Gasteiger partial charge in [0.25, 0.3) is 0 Å². The molecule has 2 rings (SSSR count). The zero-order chi connectivity index (χ0) is 10.1. The quantitative estimate of drug-likeness (QED) is 0.733. The zero-order valence-corrected chi connectivity index (χ0v) is 10.3. The lowest BCUT2D eigenvalue weighted by Gasteiger charge is -2.17. The van der Waals surface area contributed by atoms with Gasteiger partial charge in [-0.1, -0.05) is 6.92 Å². The van der Waals surface area contributed by atoms with Gasteiger partial charge in [0, 0.05) is 19.3 Å². The third-order valence-corrected chi connectivity index (χ3v) is 3.75. The molecule has 1 fully saturated rings.